The van der Waals surface area contributed by atoms with E-state index in [0.29, 0.717) is 43.2 Å². The molecule has 1 aromatic heterocycles. The molecule has 2 heterocycles. The third kappa shape index (κ3) is 3.33. The molecule has 0 aliphatic carbocycles. The van der Waals surface area contributed by atoms with Crippen molar-refractivity contribution in [2.45, 2.75) is 39.3 Å². The van der Waals surface area contributed by atoms with Crippen molar-refractivity contribution in [3.8, 4) is 5.75 Å². The molecule has 0 fully saturated rings. The molecule has 5 nitrogen and oxygen atoms in total. The number of hydrogen-bond donors (Lipinski definition) is 1. The highest BCUT2D eigenvalue weighted by molar-refractivity contribution is 5.29. The first kappa shape index (κ1) is 16.6. The van der Waals surface area contributed by atoms with Gasteiger partial charge in [-0.3, -0.25) is 9.69 Å². The Bertz CT molecular complexity index is 801. The molecule has 0 amide bonds. The van der Waals surface area contributed by atoms with Crippen LogP contribution in [0.4, 0.5) is 4.39 Å². The van der Waals surface area contributed by atoms with Gasteiger partial charge in [-0.25, -0.2) is 9.37 Å². The molecule has 0 radical (unpaired) electrons. The Morgan fingerprint density at radius 3 is 2.88 bits per heavy atom. The molecule has 24 heavy (non-hydrogen) atoms. The zero-order valence-electron chi connectivity index (χ0n) is 14.2. The number of aromatic amines is 1. The average Bonchev–Trinajstić information content (AvgIpc) is 2.56. The summed E-state index contributed by atoms with van der Waals surface area (Å²) in [7, 11) is 1.52. The first-order valence-electron chi connectivity index (χ1n) is 8.14. The highest BCUT2D eigenvalue weighted by atomic mass is 19.1. The van der Waals surface area contributed by atoms with E-state index in [0.717, 1.165) is 11.3 Å². The molecule has 0 saturated carbocycles. The van der Waals surface area contributed by atoms with Crippen LogP contribution in [-0.2, 0) is 19.5 Å². The Labute approximate surface area is 140 Å². The lowest BCUT2D eigenvalue weighted by Crippen LogP contribution is -2.35. The normalized spacial score (nSPS) is 14.7. The molecule has 0 spiro atoms. The number of methoxy groups -OCH3 is 1. The number of benzene rings is 1. The second-order valence-corrected chi connectivity index (χ2v) is 6.45. The van der Waals surface area contributed by atoms with Gasteiger partial charge in [0.15, 0.2) is 0 Å². The van der Waals surface area contributed by atoms with Crippen molar-refractivity contribution in [2.75, 3.05) is 13.7 Å². The zero-order chi connectivity index (χ0) is 17.3. The molecule has 1 aromatic carbocycles. The van der Waals surface area contributed by atoms with Crippen LogP contribution in [0.25, 0.3) is 0 Å². The molecular formula is C18H22FN3O2. The maximum absolute atomic E-state index is 14.1. The van der Waals surface area contributed by atoms with Gasteiger partial charge in [0.2, 0.25) is 0 Å². The minimum absolute atomic E-state index is 0.0426. The third-order valence-electron chi connectivity index (χ3n) is 4.37. The Balaban J connectivity index is 1.81. The van der Waals surface area contributed by atoms with E-state index in [2.05, 4.69) is 14.9 Å². The Morgan fingerprint density at radius 2 is 2.21 bits per heavy atom. The summed E-state index contributed by atoms with van der Waals surface area (Å²) in [5.41, 5.74) is 2.14. The largest absolute Gasteiger partial charge is 0.497 e. The summed E-state index contributed by atoms with van der Waals surface area (Å²) in [6.45, 7) is 5.76. The molecule has 1 aliphatic heterocycles. The quantitative estimate of drug-likeness (QED) is 0.935. The number of ether oxygens (including phenoxy) is 1. The Kier molecular flexibility index (Phi) is 4.66. The predicted octanol–water partition coefficient (Wildman–Crippen LogP) is 2.60. The van der Waals surface area contributed by atoms with Crippen molar-refractivity contribution in [1.29, 1.82) is 0 Å². The zero-order valence-corrected chi connectivity index (χ0v) is 14.2. The van der Waals surface area contributed by atoms with Crippen LogP contribution < -0.4 is 10.3 Å². The van der Waals surface area contributed by atoms with E-state index in [-0.39, 0.29) is 17.3 Å². The number of hydrogen-bond acceptors (Lipinski definition) is 4. The van der Waals surface area contributed by atoms with E-state index in [4.69, 9.17) is 4.74 Å². The third-order valence-corrected chi connectivity index (χ3v) is 4.37. The van der Waals surface area contributed by atoms with E-state index < -0.39 is 0 Å². The summed E-state index contributed by atoms with van der Waals surface area (Å²) >= 11 is 0. The van der Waals surface area contributed by atoms with Crippen LogP contribution in [0.1, 0.15) is 42.4 Å². The lowest BCUT2D eigenvalue weighted by atomic mass is 10.0. The molecule has 0 unspecified atom stereocenters. The monoisotopic (exact) mass is 331 g/mol. The second kappa shape index (κ2) is 6.73. The van der Waals surface area contributed by atoms with Crippen LogP contribution in [-0.4, -0.2) is 28.5 Å². The number of rotatable bonds is 4. The summed E-state index contributed by atoms with van der Waals surface area (Å²) in [5, 5.41) is 0. The molecule has 1 aliphatic rings. The van der Waals surface area contributed by atoms with E-state index >= 15 is 0 Å². The summed E-state index contributed by atoms with van der Waals surface area (Å²) in [4.78, 5) is 21.8. The molecule has 1 N–H and O–H groups in total. The fourth-order valence-electron chi connectivity index (χ4n) is 2.95. The van der Waals surface area contributed by atoms with Gasteiger partial charge in [-0.2, -0.15) is 0 Å². The van der Waals surface area contributed by atoms with E-state index in [1.807, 2.05) is 13.8 Å². The maximum atomic E-state index is 14.1. The van der Waals surface area contributed by atoms with Crippen molar-refractivity contribution in [3.63, 3.8) is 0 Å². The molecule has 0 saturated heterocycles. The number of nitrogens with one attached hydrogen (secondary N) is 1. The van der Waals surface area contributed by atoms with E-state index in [9.17, 15) is 9.18 Å². The average molecular weight is 331 g/mol. The van der Waals surface area contributed by atoms with Crippen LogP contribution in [0.5, 0.6) is 5.75 Å². The van der Waals surface area contributed by atoms with Gasteiger partial charge >= 0.3 is 0 Å². The standard InChI is InChI=1S/C18H22FN3O2/c1-11(2)17-20-16-10-22(7-6-14(16)18(23)21-17)9-12-4-5-13(24-3)8-15(12)19/h4-5,8,11H,6-7,9-10H2,1-3H3,(H,20,21,23). The first-order chi connectivity index (χ1) is 11.5. The van der Waals surface area contributed by atoms with Crippen molar-refractivity contribution in [1.82, 2.24) is 14.9 Å². The van der Waals surface area contributed by atoms with Crippen LogP contribution in [0.15, 0.2) is 23.0 Å². The second-order valence-electron chi connectivity index (χ2n) is 6.45. The number of halogens is 1. The van der Waals surface area contributed by atoms with Gasteiger partial charge in [0.25, 0.3) is 5.56 Å². The van der Waals surface area contributed by atoms with Crippen LogP contribution in [0.2, 0.25) is 0 Å². The fourth-order valence-corrected chi connectivity index (χ4v) is 2.95. The minimum atomic E-state index is -0.276. The van der Waals surface area contributed by atoms with Crippen LogP contribution >= 0.6 is 0 Å². The maximum Gasteiger partial charge on any atom is 0.254 e. The topological polar surface area (TPSA) is 58.2 Å². The van der Waals surface area contributed by atoms with Gasteiger partial charge in [0.05, 0.1) is 12.8 Å². The summed E-state index contributed by atoms with van der Waals surface area (Å²) in [5.74, 6) is 1.10. The molecular weight excluding hydrogens is 309 g/mol. The number of fused-ring (bicyclic) bond motifs is 1. The van der Waals surface area contributed by atoms with Crippen molar-refractivity contribution >= 4 is 0 Å². The number of nitrogens with zero attached hydrogens (tertiary/aromatic N) is 2. The first-order valence-corrected chi connectivity index (χ1v) is 8.14. The van der Waals surface area contributed by atoms with Crippen molar-refractivity contribution in [2.24, 2.45) is 0 Å². The molecule has 6 heteroatoms. The summed E-state index contributed by atoms with van der Waals surface area (Å²) < 4.78 is 19.2. The number of aromatic nitrogens is 2. The smallest absolute Gasteiger partial charge is 0.254 e. The minimum Gasteiger partial charge on any atom is -0.497 e. The van der Waals surface area contributed by atoms with E-state index in [1.54, 1.807) is 12.1 Å². The summed E-state index contributed by atoms with van der Waals surface area (Å²) in [6, 6.07) is 4.90. The molecule has 0 bridgehead atoms. The lowest BCUT2D eigenvalue weighted by Gasteiger charge is -2.28. The van der Waals surface area contributed by atoms with Crippen molar-refractivity contribution < 1.29 is 9.13 Å². The van der Waals surface area contributed by atoms with Crippen molar-refractivity contribution in [3.05, 3.63) is 57.0 Å². The molecule has 0 atom stereocenters. The van der Waals surface area contributed by atoms with Gasteiger partial charge in [0, 0.05) is 42.7 Å². The SMILES string of the molecule is COc1ccc(CN2CCc3c(nc(C(C)C)[nH]c3=O)C2)c(F)c1. The van der Waals surface area contributed by atoms with Gasteiger partial charge in [0.1, 0.15) is 17.4 Å². The molecule has 3 rings (SSSR count). The predicted molar refractivity (Wildman–Crippen MR) is 89.7 cm³/mol. The lowest BCUT2D eigenvalue weighted by molar-refractivity contribution is 0.236. The summed E-state index contributed by atoms with van der Waals surface area (Å²) in [6.07, 6.45) is 0.633. The van der Waals surface area contributed by atoms with E-state index in [1.165, 1.54) is 13.2 Å². The molecule has 2 aromatic rings. The van der Waals surface area contributed by atoms with Gasteiger partial charge in [-0.1, -0.05) is 19.9 Å². The van der Waals surface area contributed by atoms with Crippen LogP contribution in [0.3, 0.4) is 0 Å². The van der Waals surface area contributed by atoms with Gasteiger partial charge in [-0.15, -0.1) is 0 Å². The fraction of sp³-hybridized carbons (Fsp3) is 0.444. The highest BCUT2D eigenvalue weighted by Crippen LogP contribution is 2.21. The molecule has 128 valence electrons. The van der Waals surface area contributed by atoms with Crippen LogP contribution in [0, 0.1) is 5.82 Å². The Hall–Kier alpha value is -2.21. The highest BCUT2D eigenvalue weighted by Gasteiger charge is 2.22. The Morgan fingerprint density at radius 1 is 1.42 bits per heavy atom. The van der Waals surface area contributed by atoms with Gasteiger partial charge < -0.3 is 9.72 Å². The van der Waals surface area contributed by atoms with Gasteiger partial charge in [-0.05, 0) is 12.5 Å². The number of H-pyrrole nitrogens is 1.